The molecular formula is C14H10NO2+. The number of ether oxygens (including phenoxy) is 2. The number of hydrogen-bond donors (Lipinski definition) is 0. The molecule has 0 aliphatic carbocycles. The van der Waals surface area contributed by atoms with Gasteiger partial charge in [-0.1, -0.05) is 0 Å². The van der Waals surface area contributed by atoms with Crippen molar-refractivity contribution < 1.29 is 13.9 Å². The first-order chi connectivity index (χ1) is 8.42. The highest BCUT2D eigenvalue weighted by Crippen LogP contribution is 2.38. The van der Waals surface area contributed by atoms with Crippen LogP contribution in [0, 0.1) is 0 Å². The fourth-order valence-electron chi connectivity index (χ4n) is 2.28. The maximum Gasteiger partial charge on any atom is 0.231 e. The van der Waals surface area contributed by atoms with Gasteiger partial charge in [-0.25, -0.2) is 0 Å². The van der Waals surface area contributed by atoms with Crippen molar-refractivity contribution in [1.82, 2.24) is 0 Å². The standard InChI is InChI=1S/C14H10NO2/c1-2-6-15-8-10-4-5-13-14(17-9-16-13)12(10)7-11(15)3-1/h1-8H,9H2/q+1. The van der Waals surface area contributed by atoms with Crippen LogP contribution < -0.4 is 13.9 Å². The lowest BCUT2D eigenvalue weighted by molar-refractivity contribution is -0.510. The van der Waals surface area contributed by atoms with Gasteiger partial charge in [-0.05, 0) is 18.2 Å². The Labute approximate surface area is 97.8 Å². The van der Waals surface area contributed by atoms with Crippen LogP contribution in [-0.2, 0) is 0 Å². The SMILES string of the molecule is c1cc[n+]2cc3ccc4c(c3cc2c1)OCO4. The van der Waals surface area contributed by atoms with Crippen molar-refractivity contribution in [2.24, 2.45) is 0 Å². The number of fused-ring (bicyclic) bond motifs is 4. The molecule has 1 aromatic carbocycles. The molecule has 0 amide bonds. The zero-order valence-corrected chi connectivity index (χ0v) is 9.09. The summed E-state index contributed by atoms with van der Waals surface area (Å²) >= 11 is 0. The Morgan fingerprint density at radius 1 is 1.06 bits per heavy atom. The number of hydrogen-bond acceptors (Lipinski definition) is 2. The highest BCUT2D eigenvalue weighted by molar-refractivity contribution is 5.92. The van der Waals surface area contributed by atoms with E-state index in [1.807, 2.05) is 24.4 Å². The van der Waals surface area contributed by atoms with Gasteiger partial charge in [0.25, 0.3) is 0 Å². The molecular weight excluding hydrogens is 214 g/mol. The van der Waals surface area contributed by atoms with Gasteiger partial charge in [0.1, 0.15) is 0 Å². The second kappa shape index (κ2) is 3.10. The van der Waals surface area contributed by atoms with Gasteiger partial charge >= 0.3 is 0 Å². The summed E-state index contributed by atoms with van der Waals surface area (Å²) < 4.78 is 13.0. The number of nitrogens with zero attached hydrogens (tertiary/aromatic N) is 1. The monoisotopic (exact) mass is 224 g/mol. The summed E-state index contributed by atoms with van der Waals surface area (Å²) in [6.45, 7) is 0.314. The van der Waals surface area contributed by atoms with E-state index in [2.05, 4.69) is 28.8 Å². The fourth-order valence-corrected chi connectivity index (χ4v) is 2.28. The van der Waals surface area contributed by atoms with E-state index in [-0.39, 0.29) is 0 Å². The number of rotatable bonds is 0. The van der Waals surface area contributed by atoms with Gasteiger partial charge < -0.3 is 9.47 Å². The molecule has 3 nitrogen and oxygen atoms in total. The summed E-state index contributed by atoms with van der Waals surface area (Å²) in [4.78, 5) is 0. The first-order valence-electron chi connectivity index (χ1n) is 5.54. The van der Waals surface area contributed by atoms with Gasteiger partial charge in [-0.3, -0.25) is 0 Å². The largest absolute Gasteiger partial charge is 0.454 e. The minimum atomic E-state index is 0.314. The van der Waals surface area contributed by atoms with Crippen molar-refractivity contribution >= 4 is 16.3 Å². The van der Waals surface area contributed by atoms with E-state index >= 15 is 0 Å². The zero-order chi connectivity index (χ0) is 11.2. The molecule has 0 fully saturated rings. The summed E-state index contributed by atoms with van der Waals surface area (Å²) in [6.07, 6.45) is 4.14. The molecule has 0 radical (unpaired) electrons. The van der Waals surface area contributed by atoms with E-state index in [1.165, 1.54) is 0 Å². The minimum Gasteiger partial charge on any atom is -0.454 e. The van der Waals surface area contributed by atoms with Crippen molar-refractivity contribution in [2.45, 2.75) is 0 Å². The summed E-state index contributed by atoms with van der Waals surface area (Å²) in [7, 11) is 0. The molecule has 2 aromatic heterocycles. The maximum atomic E-state index is 5.53. The van der Waals surface area contributed by atoms with E-state index in [9.17, 15) is 0 Å². The Morgan fingerprint density at radius 3 is 3.06 bits per heavy atom. The summed E-state index contributed by atoms with van der Waals surface area (Å²) in [5, 5.41) is 2.25. The van der Waals surface area contributed by atoms with E-state index in [1.54, 1.807) is 0 Å². The third-order valence-corrected chi connectivity index (χ3v) is 3.10. The molecule has 0 unspecified atom stereocenters. The van der Waals surface area contributed by atoms with Gasteiger partial charge in [0.2, 0.25) is 12.3 Å². The Kier molecular flexibility index (Phi) is 1.61. The van der Waals surface area contributed by atoms with Crippen molar-refractivity contribution in [1.29, 1.82) is 0 Å². The number of aromatic nitrogens is 1. The van der Waals surface area contributed by atoms with Crippen LogP contribution in [0.25, 0.3) is 16.3 Å². The predicted molar refractivity (Wildman–Crippen MR) is 63.2 cm³/mol. The van der Waals surface area contributed by atoms with E-state index in [4.69, 9.17) is 9.47 Å². The molecule has 82 valence electrons. The van der Waals surface area contributed by atoms with Crippen LogP contribution in [-0.4, -0.2) is 6.79 Å². The van der Waals surface area contributed by atoms with Gasteiger partial charge in [0.15, 0.2) is 23.9 Å². The molecule has 1 aliphatic heterocycles. The lowest BCUT2D eigenvalue weighted by atomic mass is 10.1. The third-order valence-electron chi connectivity index (χ3n) is 3.10. The Bertz CT molecular complexity index is 737. The highest BCUT2D eigenvalue weighted by Gasteiger charge is 2.18. The van der Waals surface area contributed by atoms with Gasteiger partial charge in [0.05, 0.1) is 5.39 Å². The lowest BCUT2D eigenvalue weighted by Crippen LogP contribution is -2.19. The van der Waals surface area contributed by atoms with Gasteiger partial charge in [-0.15, -0.1) is 0 Å². The second-order valence-electron chi connectivity index (χ2n) is 4.11. The summed E-state index contributed by atoms with van der Waals surface area (Å²) in [5.74, 6) is 1.69. The van der Waals surface area contributed by atoms with E-state index in [0.717, 1.165) is 27.8 Å². The van der Waals surface area contributed by atoms with Crippen molar-refractivity contribution in [3.63, 3.8) is 0 Å². The molecule has 17 heavy (non-hydrogen) atoms. The van der Waals surface area contributed by atoms with Crippen molar-refractivity contribution in [2.75, 3.05) is 6.79 Å². The lowest BCUT2D eigenvalue weighted by Gasteiger charge is -2.01. The molecule has 0 N–H and O–H groups in total. The molecule has 0 bridgehead atoms. The van der Waals surface area contributed by atoms with Gasteiger partial charge in [0, 0.05) is 23.6 Å². The molecule has 0 saturated heterocycles. The first-order valence-corrected chi connectivity index (χ1v) is 5.54. The molecule has 0 spiro atoms. The van der Waals surface area contributed by atoms with Crippen molar-refractivity contribution in [3.05, 3.63) is 48.8 Å². The molecule has 3 heteroatoms. The maximum absolute atomic E-state index is 5.53. The van der Waals surface area contributed by atoms with Crippen LogP contribution >= 0.6 is 0 Å². The third kappa shape index (κ3) is 1.19. The zero-order valence-electron chi connectivity index (χ0n) is 9.09. The smallest absolute Gasteiger partial charge is 0.231 e. The number of benzene rings is 1. The Balaban J connectivity index is 2.17. The Hall–Kier alpha value is -2.29. The second-order valence-corrected chi connectivity index (χ2v) is 4.11. The van der Waals surface area contributed by atoms with Crippen LogP contribution in [0.15, 0.2) is 48.8 Å². The number of pyridine rings is 2. The average Bonchev–Trinajstić information content (AvgIpc) is 2.85. The van der Waals surface area contributed by atoms with Crippen molar-refractivity contribution in [3.8, 4) is 11.5 Å². The van der Waals surface area contributed by atoms with Gasteiger partial charge in [-0.2, -0.15) is 4.40 Å². The first kappa shape index (κ1) is 8.82. The van der Waals surface area contributed by atoms with Crippen LogP contribution in [0.5, 0.6) is 11.5 Å². The molecule has 3 aromatic rings. The fraction of sp³-hybridized carbons (Fsp3) is 0.0714. The summed E-state index contributed by atoms with van der Waals surface area (Å²) in [6, 6.07) is 12.3. The van der Waals surface area contributed by atoms with Crippen LogP contribution in [0.3, 0.4) is 0 Å². The topological polar surface area (TPSA) is 22.6 Å². The predicted octanol–water partition coefficient (Wildman–Crippen LogP) is 2.31. The minimum absolute atomic E-state index is 0.314. The van der Waals surface area contributed by atoms with Crippen LogP contribution in [0.2, 0.25) is 0 Å². The molecule has 0 atom stereocenters. The van der Waals surface area contributed by atoms with E-state index < -0.39 is 0 Å². The Morgan fingerprint density at radius 2 is 2.06 bits per heavy atom. The quantitative estimate of drug-likeness (QED) is 0.432. The van der Waals surface area contributed by atoms with Crippen LogP contribution in [0.4, 0.5) is 0 Å². The molecule has 3 heterocycles. The van der Waals surface area contributed by atoms with Crippen LogP contribution in [0.1, 0.15) is 0 Å². The molecule has 4 rings (SSSR count). The summed E-state index contributed by atoms with van der Waals surface area (Å²) in [5.41, 5.74) is 1.14. The molecule has 0 saturated carbocycles. The normalized spacial score (nSPS) is 13.4. The average molecular weight is 224 g/mol. The highest BCUT2D eigenvalue weighted by atomic mass is 16.7. The van der Waals surface area contributed by atoms with E-state index in [0.29, 0.717) is 6.79 Å². The molecule has 1 aliphatic rings.